The van der Waals surface area contributed by atoms with Crippen LogP contribution in [0.2, 0.25) is 0 Å². The topological polar surface area (TPSA) is 140 Å². The van der Waals surface area contributed by atoms with Crippen molar-refractivity contribution in [3.05, 3.63) is 88.1 Å². The van der Waals surface area contributed by atoms with Crippen molar-refractivity contribution in [3.8, 4) is 28.5 Å². The van der Waals surface area contributed by atoms with E-state index in [1.807, 2.05) is 31.2 Å². The largest absolute Gasteiger partial charge is 0.368 e. The van der Waals surface area contributed by atoms with Gasteiger partial charge in [0.25, 0.3) is 0 Å². The number of benzene rings is 1. The first-order valence-corrected chi connectivity index (χ1v) is 10.8. The van der Waals surface area contributed by atoms with Crippen molar-refractivity contribution < 1.29 is 0 Å². The molecule has 10 heteroatoms. The lowest BCUT2D eigenvalue weighted by atomic mass is 10.00. The average molecular weight is 464 g/mol. The van der Waals surface area contributed by atoms with E-state index in [-0.39, 0.29) is 11.5 Å². The lowest BCUT2D eigenvalue weighted by Gasteiger charge is -2.12. The number of hydrogen-bond acceptors (Lipinski definition) is 8. The molecule has 0 fully saturated rings. The number of pyridine rings is 2. The number of nitrogens with zero attached hydrogens (tertiary/aromatic N) is 7. The molecule has 4 aromatic heterocycles. The number of rotatable bonds is 5. The summed E-state index contributed by atoms with van der Waals surface area (Å²) >= 11 is 0. The van der Waals surface area contributed by atoms with Crippen molar-refractivity contribution in [3.63, 3.8) is 0 Å². The SMILES string of the molecule is Cc1cccc(CNc2nc3c(-c4ccc(=O)n(C)c4)c(-c4cccc(C#N)c4)nc(N)n3n2)n1. The number of fused-ring (bicyclic) bond motifs is 1. The van der Waals surface area contributed by atoms with Crippen LogP contribution in [0.15, 0.2) is 65.6 Å². The molecule has 0 saturated heterocycles. The van der Waals surface area contributed by atoms with Crippen LogP contribution in [0.3, 0.4) is 0 Å². The molecule has 3 N–H and O–H groups in total. The molecule has 0 aliphatic carbocycles. The highest BCUT2D eigenvalue weighted by atomic mass is 16.1. The van der Waals surface area contributed by atoms with Crippen LogP contribution in [-0.2, 0) is 13.6 Å². The van der Waals surface area contributed by atoms with Crippen LogP contribution in [0.5, 0.6) is 0 Å². The maximum absolute atomic E-state index is 12.0. The van der Waals surface area contributed by atoms with Gasteiger partial charge >= 0.3 is 0 Å². The van der Waals surface area contributed by atoms with Gasteiger partial charge in [0.1, 0.15) is 0 Å². The monoisotopic (exact) mass is 463 g/mol. The summed E-state index contributed by atoms with van der Waals surface area (Å²) in [5.74, 6) is 0.496. The minimum absolute atomic E-state index is 0.139. The standard InChI is InChI=1S/C25H21N9O/c1-15-5-3-8-19(29-15)13-28-25-31-23-21(18-9-10-20(35)33(2)14-18)22(30-24(27)34(23)32-25)17-7-4-6-16(11-17)12-26/h3-11,14H,13H2,1-2H3,(H2,27,30)(H,28,32). The molecule has 1 aromatic carbocycles. The summed E-state index contributed by atoms with van der Waals surface area (Å²) in [5.41, 5.74) is 11.5. The van der Waals surface area contributed by atoms with Gasteiger partial charge in [-0.05, 0) is 37.3 Å². The van der Waals surface area contributed by atoms with Crippen LogP contribution in [0.1, 0.15) is 17.0 Å². The Bertz CT molecular complexity index is 1680. The Morgan fingerprint density at radius 3 is 2.66 bits per heavy atom. The first kappa shape index (κ1) is 21.8. The van der Waals surface area contributed by atoms with Crippen LogP contribution >= 0.6 is 0 Å². The van der Waals surface area contributed by atoms with Crippen LogP contribution in [0.4, 0.5) is 11.9 Å². The van der Waals surface area contributed by atoms with Gasteiger partial charge in [-0.15, -0.1) is 5.10 Å². The van der Waals surface area contributed by atoms with Gasteiger partial charge in [0.05, 0.1) is 35.1 Å². The molecular formula is C25H21N9O. The summed E-state index contributed by atoms with van der Waals surface area (Å²) < 4.78 is 2.95. The minimum atomic E-state index is -0.143. The Morgan fingerprint density at radius 1 is 1.06 bits per heavy atom. The summed E-state index contributed by atoms with van der Waals surface area (Å²) in [6, 6.07) is 18.2. The van der Waals surface area contributed by atoms with Crippen molar-refractivity contribution in [1.82, 2.24) is 29.1 Å². The molecule has 0 radical (unpaired) electrons. The average Bonchev–Trinajstić information content (AvgIpc) is 3.29. The van der Waals surface area contributed by atoms with E-state index in [1.54, 1.807) is 37.5 Å². The number of nitrogens with one attached hydrogen (secondary N) is 1. The Hall–Kier alpha value is -5.04. The van der Waals surface area contributed by atoms with E-state index in [0.29, 0.717) is 46.1 Å². The molecule has 0 unspecified atom stereocenters. The highest BCUT2D eigenvalue weighted by molar-refractivity contribution is 5.91. The van der Waals surface area contributed by atoms with Crippen LogP contribution in [0, 0.1) is 18.3 Å². The fraction of sp³-hybridized carbons (Fsp3) is 0.120. The van der Waals surface area contributed by atoms with Gasteiger partial charge in [0.15, 0.2) is 5.65 Å². The predicted molar refractivity (Wildman–Crippen MR) is 132 cm³/mol. The first-order chi connectivity index (χ1) is 16.9. The molecule has 4 heterocycles. The molecule has 10 nitrogen and oxygen atoms in total. The number of hydrogen-bond donors (Lipinski definition) is 2. The second-order valence-electron chi connectivity index (χ2n) is 8.05. The fourth-order valence-electron chi connectivity index (χ4n) is 3.85. The van der Waals surface area contributed by atoms with Gasteiger partial charge in [-0.3, -0.25) is 9.78 Å². The van der Waals surface area contributed by atoms with Gasteiger partial charge in [0, 0.05) is 36.1 Å². The van der Waals surface area contributed by atoms with Gasteiger partial charge in [-0.25, -0.2) is 4.98 Å². The zero-order valence-electron chi connectivity index (χ0n) is 19.1. The van der Waals surface area contributed by atoms with Crippen molar-refractivity contribution in [2.75, 3.05) is 11.1 Å². The van der Waals surface area contributed by atoms with Crippen molar-refractivity contribution in [2.24, 2.45) is 7.05 Å². The minimum Gasteiger partial charge on any atom is -0.368 e. The molecule has 0 amide bonds. The Kier molecular flexibility index (Phi) is 5.43. The molecule has 0 spiro atoms. The van der Waals surface area contributed by atoms with E-state index in [2.05, 4.69) is 26.5 Å². The Morgan fingerprint density at radius 2 is 1.89 bits per heavy atom. The lowest BCUT2D eigenvalue weighted by molar-refractivity contribution is 0.861. The fourth-order valence-corrected chi connectivity index (χ4v) is 3.85. The molecule has 172 valence electrons. The van der Waals surface area contributed by atoms with E-state index in [4.69, 9.17) is 10.7 Å². The molecule has 0 atom stereocenters. The quantitative estimate of drug-likeness (QED) is 0.405. The Balaban J connectivity index is 1.69. The summed E-state index contributed by atoms with van der Waals surface area (Å²) in [5, 5.41) is 17.1. The third-order valence-corrected chi connectivity index (χ3v) is 5.52. The van der Waals surface area contributed by atoms with Crippen molar-refractivity contribution in [2.45, 2.75) is 13.5 Å². The van der Waals surface area contributed by atoms with Crippen LogP contribution in [0.25, 0.3) is 28.0 Å². The maximum atomic E-state index is 12.0. The van der Waals surface area contributed by atoms with E-state index < -0.39 is 0 Å². The smallest absolute Gasteiger partial charge is 0.250 e. The molecule has 5 rings (SSSR count). The molecule has 35 heavy (non-hydrogen) atoms. The van der Waals surface area contributed by atoms with E-state index in [0.717, 1.165) is 11.4 Å². The van der Waals surface area contributed by atoms with E-state index >= 15 is 0 Å². The molecular weight excluding hydrogens is 442 g/mol. The summed E-state index contributed by atoms with van der Waals surface area (Å²) in [6.07, 6.45) is 1.71. The number of nitriles is 1. The highest BCUT2D eigenvalue weighted by Crippen LogP contribution is 2.35. The second-order valence-corrected chi connectivity index (χ2v) is 8.05. The molecule has 0 bridgehead atoms. The van der Waals surface area contributed by atoms with Crippen molar-refractivity contribution in [1.29, 1.82) is 5.26 Å². The maximum Gasteiger partial charge on any atom is 0.250 e. The van der Waals surface area contributed by atoms with Gasteiger partial charge in [0.2, 0.25) is 17.5 Å². The number of aromatic nitrogens is 6. The van der Waals surface area contributed by atoms with E-state index in [1.165, 1.54) is 15.1 Å². The zero-order valence-corrected chi connectivity index (χ0v) is 19.1. The van der Waals surface area contributed by atoms with E-state index in [9.17, 15) is 10.1 Å². The number of nitrogens with two attached hydrogens (primary N) is 1. The van der Waals surface area contributed by atoms with Crippen LogP contribution < -0.4 is 16.6 Å². The second kappa shape index (κ2) is 8.72. The predicted octanol–water partition coefficient (Wildman–Crippen LogP) is 2.93. The molecule has 0 saturated carbocycles. The molecule has 0 aliphatic rings. The highest BCUT2D eigenvalue weighted by Gasteiger charge is 2.20. The third kappa shape index (κ3) is 4.18. The van der Waals surface area contributed by atoms with Crippen LogP contribution in [-0.4, -0.2) is 29.1 Å². The lowest BCUT2D eigenvalue weighted by Crippen LogP contribution is -2.14. The third-order valence-electron chi connectivity index (χ3n) is 5.52. The normalized spacial score (nSPS) is 10.9. The van der Waals surface area contributed by atoms with Gasteiger partial charge in [-0.2, -0.15) is 14.8 Å². The molecule has 0 aliphatic heterocycles. The number of nitrogen functional groups attached to an aromatic ring is 1. The van der Waals surface area contributed by atoms with Gasteiger partial charge in [-0.1, -0.05) is 18.2 Å². The first-order valence-electron chi connectivity index (χ1n) is 10.8. The number of aryl methyl sites for hydroxylation is 2. The summed E-state index contributed by atoms with van der Waals surface area (Å²) in [7, 11) is 1.68. The summed E-state index contributed by atoms with van der Waals surface area (Å²) in [4.78, 5) is 25.9. The number of anilines is 2. The van der Waals surface area contributed by atoms with Gasteiger partial charge < -0.3 is 15.6 Å². The Labute approximate surface area is 200 Å². The molecule has 5 aromatic rings. The zero-order chi connectivity index (χ0) is 24.5. The van der Waals surface area contributed by atoms with Crippen molar-refractivity contribution >= 4 is 17.5 Å². The summed E-state index contributed by atoms with van der Waals surface area (Å²) in [6.45, 7) is 2.36.